The average Bonchev–Trinajstić information content (AvgIpc) is 3.05. The van der Waals surface area contributed by atoms with Gasteiger partial charge in [0.2, 0.25) is 0 Å². The molecule has 0 unspecified atom stereocenters. The molecule has 1 aromatic carbocycles. The number of aromatic amines is 1. The molecule has 0 fully saturated rings. The first-order chi connectivity index (χ1) is 13.0. The van der Waals surface area contributed by atoms with Gasteiger partial charge in [0, 0.05) is 37.2 Å². The highest BCUT2D eigenvalue weighted by molar-refractivity contribution is 5.93. The van der Waals surface area contributed by atoms with Gasteiger partial charge in [0.15, 0.2) is 0 Å². The molecule has 0 saturated heterocycles. The molecule has 0 aliphatic carbocycles. The van der Waals surface area contributed by atoms with Crippen LogP contribution in [0.25, 0.3) is 0 Å². The number of aromatic nitrogens is 4. The SMILES string of the molecule is Cc1nccn1CCNC(=O)c1c[nH]c(=O)n(Cc2ccccc2F)c1=O. The van der Waals surface area contributed by atoms with E-state index in [2.05, 4.69) is 15.3 Å². The van der Waals surface area contributed by atoms with Gasteiger partial charge in [0.1, 0.15) is 17.2 Å². The number of nitrogens with one attached hydrogen (secondary N) is 2. The van der Waals surface area contributed by atoms with Crippen LogP contribution in [0.15, 0.2) is 52.4 Å². The first-order valence-electron chi connectivity index (χ1n) is 8.29. The number of hydrogen-bond donors (Lipinski definition) is 2. The lowest BCUT2D eigenvalue weighted by Crippen LogP contribution is -2.41. The summed E-state index contributed by atoms with van der Waals surface area (Å²) < 4.78 is 16.5. The Morgan fingerprint density at radius 1 is 1.30 bits per heavy atom. The van der Waals surface area contributed by atoms with Crippen LogP contribution in [-0.2, 0) is 13.1 Å². The summed E-state index contributed by atoms with van der Waals surface area (Å²) in [6, 6.07) is 5.83. The Morgan fingerprint density at radius 2 is 2.07 bits per heavy atom. The minimum atomic E-state index is -0.779. The third-order valence-corrected chi connectivity index (χ3v) is 4.15. The number of aryl methyl sites for hydroxylation is 1. The fraction of sp³-hybridized carbons (Fsp3) is 0.222. The Balaban J connectivity index is 1.77. The maximum Gasteiger partial charge on any atom is 0.328 e. The van der Waals surface area contributed by atoms with Crippen molar-refractivity contribution in [3.8, 4) is 0 Å². The summed E-state index contributed by atoms with van der Waals surface area (Å²) in [5.74, 6) is -0.341. The largest absolute Gasteiger partial charge is 0.350 e. The molecule has 0 radical (unpaired) electrons. The van der Waals surface area contributed by atoms with Crippen molar-refractivity contribution in [3.63, 3.8) is 0 Å². The van der Waals surface area contributed by atoms with Gasteiger partial charge < -0.3 is 14.9 Å². The van der Waals surface area contributed by atoms with E-state index in [1.54, 1.807) is 18.5 Å². The molecule has 0 spiro atoms. The second kappa shape index (κ2) is 7.81. The molecule has 9 heteroatoms. The lowest BCUT2D eigenvalue weighted by atomic mass is 10.2. The van der Waals surface area contributed by atoms with Crippen LogP contribution in [0.2, 0.25) is 0 Å². The number of hydrogen-bond acceptors (Lipinski definition) is 4. The number of amides is 1. The molecule has 3 aromatic rings. The zero-order valence-electron chi connectivity index (χ0n) is 14.6. The number of H-pyrrole nitrogens is 1. The fourth-order valence-electron chi connectivity index (χ4n) is 2.64. The predicted octanol–water partition coefficient (Wildman–Crippen LogP) is 0.659. The van der Waals surface area contributed by atoms with Gasteiger partial charge in [-0.2, -0.15) is 0 Å². The van der Waals surface area contributed by atoms with Crippen LogP contribution >= 0.6 is 0 Å². The molecular weight excluding hydrogens is 353 g/mol. The van der Waals surface area contributed by atoms with Crippen LogP contribution in [0.3, 0.4) is 0 Å². The van der Waals surface area contributed by atoms with Crippen molar-refractivity contribution in [1.29, 1.82) is 0 Å². The normalized spacial score (nSPS) is 10.7. The molecule has 2 aromatic heterocycles. The quantitative estimate of drug-likeness (QED) is 0.664. The lowest BCUT2D eigenvalue weighted by molar-refractivity contribution is 0.0949. The molecule has 0 aliphatic heterocycles. The van der Waals surface area contributed by atoms with Crippen molar-refractivity contribution in [1.82, 2.24) is 24.4 Å². The maximum atomic E-state index is 13.8. The molecule has 0 aliphatic rings. The highest BCUT2D eigenvalue weighted by atomic mass is 19.1. The van der Waals surface area contributed by atoms with E-state index in [-0.39, 0.29) is 24.2 Å². The first-order valence-corrected chi connectivity index (χ1v) is 8.29. The van der Waals surface area contributed by atoms with E-state index in [4.69, 9.17) is 0 Å². The van der Waals surface area contributed by atoms with Gasteiger partial charge in [-0.1, -0.05) is 18.2 Å². The Labute approximate surface area is 153 Å². The Hall–Kier alpha value is -3.49. The molecule has 140 valence electrons. The lowest BCUT2D eigenvalue weighted by Gasteiger charge is -2.09. The first kappa shape index (κ1) is 18.3. The predicted molar refractivity (Wildman–Crippen MR) is 96.1 cm³/mol. The van der Waals surface area contributed by atoms with Crippen LogP contribution in [-0.4, -0.2) is 31.6 Å². The molecule has 8 nitrogen and oxygen atoms in total. The highest BCUT2D eigenvalue weighted by Crippen LogP contribution is 2.06. The van der Waals surface area contributed by atoms with E-state index < -0.39 is 23.0 Å². The monoisotopic (exact) mass is 371 g/mol. The third kappa shape index (κ3) is 4.02. The van der Waals surface area contributed by atoms with E-state index in [0.29, 0.717) is 6.54 Å². The number of rotatable bonds is 6. The summed E-state index contributed by atoms with van der Waals surface area (Å²) in [6.45, 7) is 2.34. The van der Waals surface area contributed by atoms with Crippen LogP contribution in [0.4, 0.5) is 4.39 Å². The van der Waals surface area contributed by atoms with Crippen molar-refractivity contribution >= 4 is 5.91 Å². The molecule has 2 heterocycles. The van der Waals surface area contributed by atoms with Gasteiger partial charge in [0.25, 0.3) is 11.5 Å². The number of carbonyl (C=O) groups excluding carboxylic acids is 1. The summed E-state index contributed by atoms with van der Waals surface area (Å²) in [7, 11) is 0. The van der Waals surface area contributed by atoms with E-state index in [9.17, 15) is 18.8 Å². The summed E-state index contributed by atoms with van der Waals surface area (Å²) in [4.78, 5) is 43.3. The average molecular weight is 371 g/mol. The topological polar surface area (TPSA) is 102 Å². The van der Waals surface area contributed by atoms with Gasteiger partial charge in [-0.25, -0.2) is 14.2 Å². The van der Waals surface area contributed by atoms with Gasteiger partial charge in [-0.05, 0) is 13.0 Å². The number of halogens is 1. The molecule has 3 rings (SSSR count). The molecule has 1 amide bonds. The van der Waals surface area contributed by atoms with Gasteiger partial charge in [0.05, 0.1) is 6.54 Å². The maximum absolute atomic E-state index is 13.8. The van der Waals surface area contributed by atoms with Crippen molar-refractivity contribution in [2.24, 2.45) is 0 Å². The highest BCUT2D eigenvalue weighted by Gasteiger charge is 2.15. The summed E-state index contributed by atoms with van der Waals surface area (Å²) >= 11 is 0. The number of imidazole rings is 1. The summed E-state index contributed by atoms with van der Waals surface area (Å²) in [5.41, 5.74) is -1.53. The Kier molecular flexibility index (Phi) is 5.30. The van der Waals surface area contributed by atoms with E-state index in [1.165, 1.54) is 18.2 Å². The zero-order valence-corrected chi connectivity index (χ0v) is 14.6. The van der Waals surface area contributed by atoms with E-state index in [1.807, 2.05) is 11.5 Å². The summed E-state index contributed by atoms with van der Waals surface area (Å²) in [6.07, 6.45) is 4.50. The fourth-order valence-corrected chi connectivity index (χ4v) is 2.64. The molecular formula is C18H18FN5O3. The molecule has 2 N–H and O–H groups in total. The summed E-state index contributed by atoms with van der Waals surface area (Å²) in [5, 5.41) is 2.63. The van der Waals surface area contributed by atoms with E-state index in [0.717, 1.165) is 16.6 Å². The van der Waals surface area contributed by atoms with Crippen LogP contribution in [0.5, 0.6) is 0 Å². The van der Waals surface area contributed by atoms with Crippen molar-refractivity contribution in [3.05, 3.63) is 86.5 Å². The second-order valence-electron chi connectivity index (χ2n) is 5.91. The number of nitrogens with zero attached hydrogens (tertiary/aromatic N) is 3. The molecule has 27 heavy (non-hydrogen) atoms. The van der Waals surface area contributed by atoms with Gasteiger partial charge in [-0.3, -0.25) is 14.2 Å². The molecule has 0 saturated carbocycles. The van der Waals surface area contributed by atoms with Crippen molar-refractivity contribution < 1.29 is 9.18 Å². The van der Waals surface area contributed by atoms with Crippen LogP contribution in [0.1, 0.15) is 21.7 Å². The van der Waals surface area contributed by atoms with Crippen LogP contribution in [0, 0.1) is 12.7 Å². The molecule has 0 atom stereocenters. The number of carbonyl (C=O) groups is 1. The standard InChI is InChI=1S/C18H18FN5O3/c1-12-20-6-8-23(12)9-7-21-16(25)14-10-22-18(27)24(17(14)26)11-13-4-2-3-5-15(13)19/h2-6,8,10H,7,9,11H2,1H3,(H,21,25)(H,22,27). The number of benzene rings is 1. The third-order valence-electron chi connectivity index (χ3n) is 4.15. The van der Waals surface area contributed by atoms with Gasteiger partial charge >= 0.3 is 5.69 Å². The Bertz CT molecular complexity index is 1080. The smallest absolute Gasteiger partial charge is 0.328 e. The minimum absolute atomic E-state index is 0.179. The second-order valence-corrected chi connectivity index (χ2v) is 5.91. The van der Waals surface area contributed by atoms with Crippen molar-refractivity contribution in [2.75, 3.05) is 6.54 Å². The zero-order chi connectivity index (χ0) is 19.4. The minimum Gasteiger partial charge on any atom is -0.350 e. The van der Waals surface area contributed by atoms with Crippen LogP contribution < -0.4 is 16.6 Å². The van der Waals surface area contributed by atoms with E-state index >= 15 is 0 Å². The molecule has 0 bridgehead atoms. The Morgan fingerprint density at radius 3 is 2.78 bits per heavy atom. The van der Waals surface area contributed by atoms with Crippen molar-refractivity contribution in [2.45, 2.75) is 20.0 Å². The van der Waals surface area contributed by atoms with Gasteiger partial charge in [-0.15, -0.1) is 0 Å².